The summed E-state index contributed by atoms with van der Waals surface area (Å²) in [6, 6.07) is 19.0. The first-order valence-corrected chi connectivity index (χ1v) is 15.0. The van der Waals surface area contributed by atoms with E-state index in [4.69, 9.17) is 16.7 Å². The Hall–Kier alpha value is -3.82. The van der Waals surface area contributed by atoms with Crippen LogP contribution in [0.15, 0.2) is 76.7 Å². The molecule has 0 bridgehead atoms. The summed E-state index contributed by atoms with van der Waals surface area (Å²) < 4.78 is 0. The van der Waals surface area contributed by atoms with Gasteiger partial charge >= 0.3 is 12.0 Å². The number of halogens is 1. The highest BCUT2D eigenvalue weighted by atomic mass is 35.5. The molecule has 4 rings (SSSR count). The second-order valence-electron chi connectivity index (χ2n) is 9.66. The predicted molar refractivity (Wildman–Crippen MR) is 166 cm³/mol. The number of thioether (sulfide) groups is 1. The van der Waals surface area contributed by atoms with Crippen LogP contribution in [0.1, 0.15) is 60.5 Å². The van der Waals surface area contributed by atoms with Gasteiger partial charge in [0.15, 0.2) is 5.71 Å². The first-order chi connectivity index (χ1) is 19.9. The molecule has 41 heavy (non-hydrogen) atoms. The lowest BCUT2D eigenvalue weighted by Crippen LogP contribution is -2.33. The molecule has 3 N–H and O–H groups in total. The zero-order chi connectivity index (χ0) is 29.2. The van der Waals surface area contributed by atoms with Gasteiger partial charge in [0.25, 0.3) is 5.91 Å². The van der Waals surface area contributed by atoms with Crippen molar-refractivity contribution in [2.75, 3.05) is 22.5 Å². The summed E-state index contributed by atoms with van der Waals surface area (Å²) in [6.45, 7) is 2.75. The molecule has 3 aromatic carbocycles. The summed E-state index contributed by atoms with van der Waals surface area (Å²) >= 11 is 7.77. The van der Waals surface area contributed by atoms with Gasteiger partial charge < -0.3 is 15.3 Å². The van der Waals surface area contributed by atoms with Crippen molar-refractivity contribution in [3.8, 4) is 0 Å². The van der Waals surface area contributed by atoms with Crippen molar-refractivity contribution in [2.45, 2.75) is 50.3 Å². The first-order valence-electron chi connectivity index (χ1n) is 13.7. The zero-order valence-corrected chi connectivity index (χ0v) is 24.4. The fourth-order valence-corrected chi connectivity index (χ4v) is 5.63. The van der Waals surface area contributed by atoms with Gasteiger partial charge in [-0.15, -0.1) is 11.8 Å². The number of para-hydroxylation sites is 1. The van der Waals surface area contributed by atoms with Crippen LogP contribution in [0.4, 0.5) is 16.2 Å². The van der Waals surface area contributed by atoms with Gasteiger partial charge in [0.2, 0.25) is 0 Å². The van der Waals surface area contributed by atoms with Crippen molar-refractivity contribution in [2.24, 2.45) is 5.10 Å². The van der Waals surface area contributed by atoms with Gasteiger partial charge in [-0.25, -0.2) is 15.0 Å². The molecule has 0 aromatic heterocycles. The number of nitrogens with one attached hydrogen (secondary N) is 2. The number of fused-ring (bicyclic) bond motifs is 1. The van der Waals surface area contributed by atoms with E-state index < -0.39 is 12.0 Å². The third-order valence-corrected chi connectivity index (χ3v) is 8.02. The van der Waals surface area contributed by atoms with Crippen molar-refractivity contribution < 1.29 is 19.5 Å². The third kappa shape index (κ3) is 8.11. The Morgan fingerprint density at radius 1 is 1.00 bits per heavy atom. The Balaban J connectivity index is 1.47. The molecule has 8 nitrogen and oxygen atoms in total. The lowest BCUT2D eigenvalue weighted by atomic mass is 10.1. The number of rotatable bonds is 13. The Morgan fingerprint density at radius 3 is 2.49 bits per heavy atom. The minimum Gasteiger partial charge on any atom is -0.478 e. The van der Waals surface area contributed by atoms with Gasteiger partial charge in [0, 0.05) is 22.8 Å². The Bertz CT molecular complexity index is 1430. The van der Waals surface area contributed by atoms with E-state index in [0.29, 0.717) is 22.8 Å². The van der Waals surface area contributed by atoms with E-state index in [9.17, 15) is 14.4 Å². The minimum atomic E-state index is -0.943. The second-order valence-corrected chi connectivity index (χ2v) is 11.2. The lowest BCUT2D eigenvalue weighted by molar-refractivity contribution is -0.112. The molecule has 10 heteroatoms. The number of nitrogens with zero attached hydrogens (tertiary/aromatic N) is 2. The van der Waals surface area contributed by atoms with Crippen LogP contribution in [0.25, 0.3) is 0 Å². The van der Waals surface area contributed by atoms with E-state index >= 15 is 0 Å². The molecule has 0 unspecified atom stereocenters. The average molecular weight is 593 g/mol. The van der Waals surface area contributed by atoms with Gasteiger partial charge in [-0.05, 0) is 60.9 Å². The topological polar surface area (TPSA) is 111 Å². The summed E-state index contributed by atoms with van der Waals surface area (Å²) in [5.41, 5.74) is 5.86. The molecule has 214 valence electrons. The van der Waals surface area contributed by atoms with Crippen LogP contribution in [0.2, 0.25) is 5.02 Å². The van der Waals surface area contributed by atoms with Crippen molar-refractivity contribution in [3.63, 3.8) is 0 Å². The van der Waals surface area contributed by atoms with Crippen LogP contribution in [0.5, 0.6) is 0 Å². The number of aromatic carboxylic acids is 1. The number of hydrogen-bond donors (Lipinski definition) is 3. The first kappa shape index (κ1) is 30.1. The summed E-state index contributed by atoms with van der Waals surface area (Å²) in [7, 11) is 0. The van der Waals surface area contributed by atoms with Crippen LogP contribution < -0.4 is 15.6 Å². The predicted octanol–water partition coefficient (Wildman–Crippen LogP) is 7.22. The zero-order valence-electron chi connectivity index (χ0n) is 22.9. The van der Waals surface area contributed by atoms with Crippen LogP contribution in [-0.2, 0) is 11.2 Å². The number of carboxylic acid groups (broad SMARTS) is 1. The molecule has 1 aliphatic rings. The summed E-state index contributed by atoms with van der Waals surface area (Å²) in [4.78, 5) is 39.8. The number of unbranched alkanes of at least 4 members (excludes halogenated alkanes) is 4. The number of aryl methyl sites for hydroxylation is 1. The lowest BCUT2D eigenvalue weighted by Gasteiger charge is -2.17. The molecular formula is C31H33ClN4O4S. The number of carbonyl (C=O) groups excluding carboxylic acids is 2. The largest absolute Gasteiger partial charge is 0.478 e. The molecule has 0 atom stereocenters. The molecule has 0 saturated carbocycles. The summed E-state index contributed by atoms with van der Waals surface area (Å²) in [5.74, 6) is -0.415. The second kappa shape index (κ2) is 14.7. The van der Waals surface area contributed by atoms with Gasteiger partial charge in [-0.3, -0.25) is 4.79 Å². The van der Waals surface area contributed by atoms with E-state index in [-0.39, 0.29) is 17.2 Å². The molecule has 1 aliphatic heterocycles. The van der Waals surface area contributed by atoms with E-state index in [0.717, 1.165) is 54.0 Å². The number of benzene rings is 3. The number of carboxylic acids is 1. The standard InChI is InChI=1S/C31H33ClN4O4S/c1-2-3-4-5-8-18-36-27-16-15-23(41-19-17-21-11-13-22(14-12-21)30(38)39)20-24(27)28(29(36)37)34-35-31(40)33-26-10-7-6-9-25(26)32/h6-7,9-16,20H,2-5,8,17-19H2,1H3,(H,38,39)(H2,33,35,40). The van der Waals surface area contributed by atoms with Gasteiger partial charge in [0.1, 0.15) is 0 Å². The fraction of sp³-hybridized carbons (Fsp3) is 0.290. The molecule has 1 heterocycles. The Morgan fingerprint density at radius 2 is 1.76 bits per heavy atom. The van der Waals surface area contributed by atoms with Gasteiger partial charge in [0.05, 0.1) is 22.0 Å². The molecular weight excluding hydrogens is 560 g/mol. The average Bonchev–Trinajstić information content (AvgIpc) is 3.22. The summed E-state index contributed by atoms with van der Waals surface area (Å²) in [6.07, 6.45) is 6.14. The van der Waals surface area contributed by atoms with Crippen LogP contribution in [-0.4, -0.2) is 41.0 Å². The molecule has 0 aliphatic carbocycles. The number of anilines is 2. The highest BCUT2D eigenvalue weighted by Crippen LogP contribution is 2.34. The maximum Gasteiger partial charge on any atom is 0.339 e. The molecule has 3 amide bonds. The van der Waals surface area contributed by atoms with Gasteiger partial charge in [-0.1, -0.05) is 68.5 Å². The van der Waals surface area contributed by atoms with Gasteiger partial charge in [-0.2, -0.15) is 5.10 Å². The smallest absolute Gasteiger partial charge is 0.339 e. The molecule has 0 radical (unpaired) electrons. The quantitative estimate of drug-likeness (QED) is 0.110. The van der Waals surface area contributed by atoms with Crippen LogP contribution in [0, 0.1) is 0 Å². The maximum atomic E-state index is 13.4. The van der Waals surface area contributed by atoms with E-state index in [1.54, 1.807) is 53.1 Å². The Kier molecular flexibility index (Phi) is 10.8. The van der Waals surface area contributed by atoms with E-state index in [1.165, 1.54) is 6.42 Å². The normalized spacial score (nSPS) is 13.4. The molecule has 0 saturated heterocycles. The number of hydrogen-bond acceptors (Lipinski definition) is 5. The fourth-order valence-electron chi connectivity index (χ4n) is 4.51. The van der Waals surface area contributed by atoms with Crippen LogP contribution >= 0.6 is 23.4 Å². The monoisotopic (exact) mass is 592 g/mol. The number of hydrazone groups is 1. The van der Waals surface area contributed by atoms with Crippen LogP contribution in [0.3, 0.4) is 0 Å². The molecule has 3 aromatic rings. The van der Waals surface area contributed by atoms with Crippen molar-refractivity contribution in [1.29, 1.82) is 0 Å². The Labute approximate surface area is 249 Å². The number of amides is 3. The van der Waals surface area contributed by atoms with Crippen molar-refractivity contribution >= 4 is 58.4 Å². The summed E-state index contributed by atoms with van der Waals surface area (Å²) in [5, 5.41) is 16.4. The number of urea groups is 1. The highest BCUT2D eigenvalue weighted by molar-refractivity contribution is 7.99. The maximum absolute atomic E-state index is 13.4. The van der Waals surface area contributed by atoms with Crippen molar-refractivity contribution in [1.82, 2.24) is 5.43 Å². The minimum absolute atomic E-state index is 0.189. The van der Waals surface area contributed by atoms with Crippen molar-refractivity contribution in [3.05, 3.63) is 88.4 Å². The molecule has 0 spiro atoms. The number of carbonyl (C=O) groups is 3. The SMILES string of the molecule is CCCCCCCN1C(=O)C(=NNC(=O)Nc2ccccc2Cl)c2cc(SCCc3ccc(C(=O)O)cc3)ccc21. The highest BCUT2D eigenvalue weighted by Gasteiger charge is 2.34. The van der Waals surface area contributed by atoms with E-state index in [1.807, 2.05) is 30.3 Å². The van der Waals surface area contributed by atoms with E-state index in [2.05, 4.69) is 22.8 Å². The third-order valence-electron chi connectivity index (χ3n) is 6.70. The molecule has 0 fully saturated rings.